The van der Waals surface area contributed by atoms with Crippen molar-refractivity contribution in [3.8, 4) is 0 Å². The Kier molecular flexibility index (Phi) is 7.12. The zero-order valence-corrected chi connectivity index (χ0v) is 17.3. The Bertz CT molecular complexity index is 1150. The summed E-state index contributed by atoms with van der Waals surface area (Å²) < 4.78 is 50.6. The van der Waals surface area contributed by atoms with Crippen LogP contribution in [0.5, 0.6) is 0 Å². The maximum atomic E-state index is 14.2. The van der Waals surface area contributed by atoms with Crippen molar-refractivity contribution in [2.24, 2.45) is 0 Å². The Labute approximate surface area is 181 Å². The second-order valence-electron chi connectivity index (χ2n) is 6.56. The molecule has 1 aliphatic heterocycles. The molecule has 1 heterocycles. The monoisotopic (exact) mass is 467 g/mol. The standard InChI is InChI=1S/C19H18FN3O8S/c20-14-6-5-13(11-17(14)32(28,29)22-7-9-30-10-8-22)19(25)31-12-18(24)21-15-3-1-2-4-16(15)23(26)27/h1-6,11H,7-10,12H2,(H,21,24). The second-order valence-corrected chi connectivity index (χ2v) is 8.47. The number of anilines is 1. The zero-order valence-electron chi connectivity index (χ0n) is 16.5. The molecule has 0 spiro atoms. The lowest BCUT2D eigenvalue weighted by Crippen LogP contribution is -2.41. The van der Waals surface area contributed by atoms with Crippen LogP contribution in [-0.4, -0.2) is 62.4 Å². The molecule has 0 bridgehead atoms. The highest BCUT2D eigenvalue weighted by Crippen LogP contribution is 2.24. The number of morpholine rings is 1. The average Bonchev–Trinajstić information content (AvgIpc) is 2.78. The Morgan fingerprint density at radius 1 is 1.19 bits per heavy atom. The summed E-state index contributed by atoms with van der Waals surface area (Å²) in [4.78, 5) is 33.9. The van der Waals surface area contributed by atoms with E-state index in [1.54, 1.807) is 0 Å². The number of nitro benzene ring substituents is 1. The number of rotatable bonds is 7. The molecule has 13 heteroatoms. The van der Waals surface area contributed by atoms with Crippen molar-refractivity contribution in [1.82, 2.24) is 4.31 Å². The van der Waals surface area contributed by atoms with Gasteiger partial charge >= 0.3 is 5.97 Å². The third-order valence-electron chi connectivity index (χ3n) is 4.46. The molecule has 0 atom stereocenters. The van der Waals surface area contributed by atoms with E-state index in [9.17, 15) is 32.5 Å². The normalized spacial score (nSPS) is 14.5. The predicted octanol–water partition coefficient (Wildman–Crippen LogP) is 1.55. The molecular formula is C19H18FN3O8S. The van der Waals surface area contributed by atoms with Crippen LogP contribution in [0.3, 0.4) is 0 Å². The summed E-state index contributed by atoms with van der Waals surface area (Å²) in [5.41, 5.74) is -0.709. The summed E-state index contributed by atoms with van der Waals surface area (Å²) in [7, 11) is -4.21. The molecule has 2 aromatic rings. The number of nitrogens with zero attached hydrogens (tertiary/aromatic N) is 2. The lowest BCUT2D eigenvalue weighted by molar-refractivity contribution is -0.383. The molecule has 1 N–H and O–H groups in total. The van der Waals surface area contributed by atoms with Crippen LogP contribution < -0.4 is 5.32 Å². The molecule has 0 unspecified atom stereocenters. The first kappa shape index (κ1) is 23.2. The maximum Gasteiger partial charge on any atom is 0.338 e. The number of para-hydroxylation sites is 2. The topological polar surface area (TPSA) is 145 Å². The molecule has 32 heavy (non-hydrogen) atoms. The molecule has 1 saturated heterocycles. The summed E-state index contributed by atoms with van der Waals surface area (Å²) >= 11 is 0. The molecule has 1 aliphatic rings. The van der Waals surface area contributed by atoms with E-state index in [4.69, 9.17) is 9.47 Å². The van der Waals surface area contributed by atoms with Gasteiger partial charge in [0.25, 0.3) is 11.6 Å². The number of esters is 1. The molecule has 0 radical (unpaired) electrons. The lowest BCUT2D eigenvalue weighted by Gasteiger charge is -2.26. The molecule has 1 fully saturated rings. The number of sulfonamides is 1. The largest absolute Gasteiger partial charge is 0.452 e. The van der Waals surface area contributed by atoms with Crippen molar-refractivity contribution in [2.75, 3.05) is 38.2 Å². The van der Waals surface area contributed by atoms with Gasteiger partial charge in [0.2, 0.25) is 10.0 Å². The lowest BCUT2D eigenvalue weighted by atomic mass is 10.2. The Balaban J connectivity index is 1.69. The molecule has 0 saturated carbocycles. The number of halogens is 1. The van der Waals surface area contributed by atoms with Gasteiger partial charge in [0.1, 0.15) is 16.4 Å². The Morgan fingerprint density at radius 2 is 1.88 bits per heavy atom. The van der Waals surface area contributed by atoms with E-state index in [0.717, 1.165) is 22.5 Å². The molecule has 1 amide bonds. The number of hydrogen-bond acceptors (Lipinski definition) is 8. The van der Waals surface area contributed by atoms with E-state index >= 15 is 0 Å². The third kappa shape index (κ3) is 5.25. The van der Waals surface area contributed by atoms with Crippen LogP contribution in [0, 0.1) is 15.9 Å². The van der Waals surface area contributed by atoms with Crippen LogP contribution >= 0.6 is 0 Å². The molecule has 0 aliphatic carbocycles. The highest BCUT2D eigenvalue weighted by molar-refractivity contribution is 7.89. The molecule has 3 rings (SSSR count). The second kappa shape index (κ2) is 9.80. The van der Waals surface area contributed by atoms with E-state index in [1.165, 1.54) is 24.3 Å². The van der Waals surface area contributed by atoms with Crippen LogP contribution in [-0.2, 0) is 24.3 Å². The number of nitro groups is 1. The highest BCUT2D eigenvalue weighted by atomic mass is 32.2. The molecule has 2 aromatic carbocycles. The summed E-state index contributed by atoms with van der Waals surface area (Å²) in [6, 6.07) is 8.07. The van der Waals surface area contributed by atoms with Gasteiger partial charge in [-0.25, -0.2) is 17.6 Å². The number of hydrogen-bond donors (Lipinski definition) is 1. The minimum absolute atomic E-state index is 0.0439. The van der Waals surface area contributed by atoms with Crippen molar-refractivity contribution >= 4 is 33.3 Å². The van der Waals surface area contributed by atoms with E-state index in [-0.39, 0.29) is 43.2 Å². The smallest absolute Gasteiger partial charge is 0.338 e. The Morgan fingerprint density at radius 3 is 2.56 bits per heavy atom. The number of carbonyl (C=O) groups excluding carboxylic acids is 2. The van der Waals surface area contributed by atoms with Gasteiger partial charge in [-0.2, -0.15) is 4.31 Å². The minimum Gasteiger partial charge on any atom is -0.452 e. The maximum absolute atomic E-state index is 14.2. The van der Waals surface area contributed by atoms with Gasteiger partial charge in [-0.05, 0) is 24.3 Å². The first-order valence-electron chi connectivity index (χ1n) is 9.28. The van der Waals surface area contributed by atoms with E-state index in [2.05, 4.69) is 5.32 Å². The number of amides is 1. The van der Waals surface area contributed by atoms with Gasteiger partial charge in [0.15, 0.2) is 6.61 Å². The van der Waals surface area contributed by atoms with Gasteiger partial charge in [-0.15, -0.1) is 0 Å². The van der Waals surface area contributed by atoms with Crippen LogP contribution in [0.2, 0.25) is 0 Å². The summed E-state index contributed by atoms with van der Waals surface area (Å²) in [5.74, 6) is -2.96. The summed E-state index contributed by atoms with van der Waals surface area (Å²) in [6.45, 7) is -0.382. The average molecular weight is 467 g/mol. The van der Waals surface area contributed by atoms with Gasteiger partial charge in [0.05, 0.1) is 23.7 Å². The van der Waals surface area contributed by atoms with Gasteiger partial charge in [-0.1, -0.05) is 12.1 Å². The Hall–Kier alpha value is -3.42. The first-order valence-corrected chi connectivity index (χ1v) is 10.7. The van der Waals surface area contributed by atoms with Crippen LogP contribution in [0.15, 0.2) is 47.4 Å². The fourth-order valence-electron chi connectivity index (χ4n) is 2.89. The zero-order chi connectivity index (χ0) is 23.3. The van der Waals surface area contributed by atoms with Gasteiger partial charge < -0.3 is 14.8 Å². The van der Waals surface area contributed by atoms with Crippen molar-refractivity contribution in [1.29, 1.82) is 0 Å². The van der Waals surface area contributed by atoms with Crippen molar-refractivity contribution in [3.63, 3.8) is 0 Å². The van der Waals surface area contributed by atoms with Crippen molar-refractivity contribution in [3.05, 3.63) is 64.0 Å². The molecule has 11 nitrogen and oxygen atoms in total. The fourth-order valence-corrected chi connectivity index (χ4v) is 4.39. The first-order chi connectivity index (χ1) is 15.2. The van der Waals surface area contributed by atoms with E-state index in [1.807, 2.05) is 0 Å². The van der Waals surface area contributed by atoms with Crippen LogP contribution in [0.4, 0.5) is 15.8 Å². The molecule has 0 aromatic heterocycles. The summed E-state index contributed by atoms with van der Waals surface area (Å²) in [6.07, 6.45) is 0. The van der Waals surface area contributed by atoms with Crippen LogP contribution in [0.1, 0.15) is 10.4 Å². The highest BCUT2D eigenvalue weighted by Gasteiger charge is 2.30. The van der Waals surface area contributed by atoms with Crippen LogP contribution in [0.25, 0.3) is 0 Å². The van der Waals surface area contributed by atoms with E-state index < -0.39 is 44.1 Å². The van der Waals surface area contributed by atoms with Crippen molar-refractivity contribution in [2.45, 2.75) is 4.90 Å². The summed E-state index contributed by atoms with van der Waals surface area (Å²) in [5, 5.41) is 13.2. The number of ether oxygens (including phenoxy) is 2. The number of carbonyl (C=O) groups is 2. The quantitative estimate of drug-likeness (QED) is 0.367. The molecular weight excluding hydrogens is 449 g/mol. The van der Waals surface area contributed by atoms with Gasteiger partial charge in [-0.3, -0.25) is 14.9 Å². The fraction of sp³-hybridized carbons (Fsp3) is 0.263. The third-order valence-corrected chi connectivity index (χ3v) is 6.38. The SMILES string of the molecule is O=C(COC(=O)c1ccc(F)c(S(=O)(=O)N2CCOCC2)c1)Nc1ccccc1[N+](=O)[O-]. The number of nitrogens with one attached hydrogen (secondary N) is 1. The number of benzene rings is 2. The molecule has 170 valence electrons. The van der Waals surface area contributed by atoms with Gasteiger partial charge in [0, 0.05) is 19.2 Å². The van der Waals surface area contributed by atoms with E-state index in [0.29, 0.717) is 0 Å². The predicted molar refractivity (Wildman–Crippen MR) is 108 cm³/mol. The van der Waals surface area contributed by atoms with Crippen molar-refractivity contribution < 1.29 is 36.8 Å². The minimum atomic E-state index is -4.21.